The van der Waals surface area contributed by atoms with Crippen molar-refractivity contribution in [2.45, 2.75) is 19.6 Å². The first-order valence-corrected chi connectivity index (χ1v) is 7.55. The van der Waals surface area contributed by atoms with Crippen molar-refractivity contribution in [3.63, 3.8) is 0 Å². The molecular formula is C17H14ClF2NO4. The fraction of sp³-hybridized carbons (Fsp3) is 0.176. The molecule has 1 N–H and O–H groups in total. The lowest BCUT2D eigenvalue weighted by Crippen LogP contribution is -2.30. The van der Waals surface area contributed by atoms with Gasteiger partial charge in [-0.15, -0.1) is 0 Å². The van der Waals surface area contributed by atoms with Crippen molar-refractivity contribution in [2.75, 3.05) is 5.32 Å². The lowest BCUT2D eigenvalue weighted by molar-refractivity contribution is -0.123. The van der Waals surface area contributed by atoms with E-state index in [0.717, 1.165) is 6.07 Å². The quantitative estimate of drug-likeness (QED) is 0.778. The highest BCUT2D eigenvalue weighted by Gasteiger charge is 2.19. The second-order valence-corrected chi connectivity index (χ2v) is 5.39. The van der Waals surface area contributed by atoms with Gasteiger partial charge in [0.05, 0.1) is 5.56 Å². The Balaban J connectivity index is 1.97. The summed E-state index contributed by atoms with van der Waals surface area (Å²) in [6, 6.07) is 11.5. The molecule has 0 fully saturated rings. The first-order chi connectivity index (χ1) is 11.8. The Kier molecular flexibility index (Phi) is 6.30. The summed E-state index contributed by atoms with van der Waals surface area (Å²) >= 11 is 5.75. The minimum absolute atomic E-state index is 0.00991. The van der Waals surface area contributed by atoms with Gasteiger partial charge in [-0.2, -0.15) is 8.78 Å². The summed E-state index contributed by atoms with van der Waals surface area (Å²) in [7, 11) is 0. The Labute approximate surface area is 147 Å². The van der Waals surface area contributed by atoms with E-state index < -0.39 is 24.6 Å². The van der Waals surface area contributed by atoms with Gasteiger partial charge < -0.3 is 14.8 Å². The highest BCUT2D eigenvalue weighted by Crippen LogP contribution is 2.18. The second-order valence-electron chi connectivity index (χ2n) is 4.95. The lowest BCUT2D eigenvalue weighted by Gasteiger charge is -2.14. The standard InChI is InChI=1S/C17H14ClF2NO4/c1-10(15(22)21-13-7-5-12(18)6-8-13)24-16(23)11-3-2-4-14(9-11)25-17(19)20/h2-10,17H,1H3,(H,21,22)/t10-/m1/s1. The van der Waals surface area contributed by atoms with Gasteiger partial charge in [-0.3, -0.25) is 4.79 Å². The van der Waals surface area contributed by atoms with Crippen LogP contribution >= 0.6 is 11.6 Å². The molecule has 0 saturated carbocycles. The smallest absolute Gasteiger partial charge is 0.387 e. The maximum absolute atomic E-state index is 12.2. The number of hydrogen-bond acceptors (Lipinski definition) is 4. The Morgan fingerprint density at radius 3 is 2.44 bits per heavy atom. The molecule has 2 rings (SSSR count). The number of ether oxygens (including phenoxy) is 2. The van der Waals surface area contributed by atoms with Crippen LogP contribution in [0.4, 0.5) is 14.5 Å². The lowest BCUT2D eigenvalue weighted by atomic mass is 10.2. The monoisotopic (exact) mass is 369 g/mol. The average molecular weight is 370 g/mol. The molecule has 0 spiro atoms. The molecule has 1 atom stereocenters. The number of benzene rings is 2. The minimum Gasteiger partial charge on any atom is -0.449 e. The summed E-state index contributed by atoms with van der Waals surface area (Å²) in [6.45, 7) is -1.61. The molecule has 0 heterocycles. The summed E-state index contributed by atoms with van der Waals surface area (Å²) in [6.07, 6.45) is -1.09. The Morgan fingerprint density at radius 2 is 1.80 bits per heavy atom. The van der Waals surface area contributed by atoms with Crippen molar-refractivity contribution in [2.24, 2.45) is 0 Å². The first kappa shape index (κ1) is 18.7. The topological polar surface area (TPSA) is 64.6 Å². The van der Waals surface area contributed by atoms with Gasteiger partial charge >= 0.3 is 12.6 Å². The first-order valence-electron chi connectivity index (χ1n) is 7.17. The van der Waals surface area contributed by atoms with Crippen molar-refractivity contribution in [1.29, 1.82) is 0 Å². The molecule has 0 aliphatic carbocycles. The summed E-state index contributed by atoms with van der Waals surface area (Å²) in [5.74, 6) is -1.56. The molecular weight excluding hydrogens is 356 g/mol. The van der Waals surface area contributed by atoms with Crippen molar-refractivity contribution in [3.8, 4) is 5.75 Å². The van der Waals surface area contributed by atoms with Crippen molar-refractivity contribution < 1.29 is 27.8 Å². The molecule has 0 unspecified atom stereocenters. The number of halogens is 3. The molecule has 0 saturated heterocycles. The second kappa shape index (κ2) is 8.43. The highest BCUT2D eigenvalue weighted by molar-refractivity contribution is 6.30. The van der Waals surface area contributed by atoms with Gasteiger partial charge in [-0.25, -0.2) is 4.79 Å². The van der Waals surface area contributed by atoms with Crippen LogP contribution in [0.2, 0.25) is 5.02 Å². The van der Waals surface area contributed by atoms with Gasteiger partial charge in [0, 0.05) is 10.7 Å². The molecule has 8 heteroatoms. The maximum Gasteiger partial charge on any atom is 0.387 e. The van der Waals surface area contributed by atoms with Gasteiger partial charge in [0.25, 0.3) is 5.91 Å². The highest BCUT2D eigenvalue weighted by atomic mass is 35.5. The fourth-order valence-corrected chi connectivity index (χ4v) is 1.98. The van der Waals surface area contributed by atoms with Crippen LogP contribution in [0.3, 0.4) is 0 Å². The van der Waals surface area contributed by atoms with Crippen LogP contribution in [0, 0.1) is 0 Å². The molecule has 0 aliphatic rings. The Hall–Kier alpha value is -2.67. The third kappa shape index (κ3) is 5.72. The van der Waals surface area contributed by atoms with E-state index in [-0.39, 0.29) is 11.3 Å². The van der Waals surface area contributed by atoms with Crippen LogP contribution in [0.5, 0.6) is 5.75 Å². The number of alkyl halides is 2. The molecule has 5 nitrogen and oxygen atoms in total. The van der Waals surface area contributed by atoms with E-state index >= 15 is 0 Å². The molecule has 25 heavy (non-hydrogen) atoms. The van der Waals surface area contributed by atoms with Crippen molar-refractivity contribution >= 4 is 29.2 Å². The van der Waals surface area contributed by atoms with Gasteiger partial charge in [-0.05, 0) is 49.4 Å². The van der Waals surface area contributed by atoms with Crippen molar-refractivity contribution in [1.82, 2.24) is 0 Å². The summed E-state index contributed by atoms with van der Waals surface area (Å²) in [4.78, 5) is 24.1. The van der Waals surface area contributed by atoms with E-state index in [0.29, 0.717) is 10.7 Å². The van der Waals surface area contributed by atoms with E-state index in [9.17, 15) is 18.4 Å². The zero-order chi connectivity index (χ0) is 18.4. The number of hydrogen-bond donors (Lipinski definition) is 1. The van der Waals surface area contributed by atoms with Gasteiger partial charge in [0.1, 0.15) is 5.75 Å². The van der Waals surface area contributed by atoms with E-state index in [1.165, 1.54) is 25.1 Å². The Bertz CT molecular complexity index is 753. The van der Waals surface area contributed by atoms with Crippen molar-refractivity contribution in [3.05, 3.63) is 59.1 Å². The number of nitrogens with one attached hydrogen (secondary N) is 1. The fourth-order valence-electron chi connectivity index (χ4n) is 1.86. The van der Waals surface area contributed by atoms with E-state index in [1.54, 1.807) is 24.3 Å². The number of esters is 1. The largest absolute Gasteiger partial charge is 0.449 e. The summed E-state index contributed by atoms with van der Waals surface area (Å²) in [5.41, 5.74) is 0.480. The number of carbonyl (C=O) groups excluding carboxylic acids is 2. The third-order valence-corrected chi connectivity index (χ3v) is 3.31. The van der Waals surface area contributed by atoms with Crippen LogP contribution in [0.15, 0.2) is 48.5 Å². The van der Waals surface area contributed by atoms with E-state index in [2.05, 4.69) is 10.1 Å². The zero-order valence-corrected chi connectivity index (χ0v) is 13.8. The SMILES string of the molecule is C[C@@H](OC(=O)c1cccc(OC(F)F)c1)C(=O)Nc1ccc(Cl)cc1. The molecule has 2 aromatic rings. The van der Waals surface area contributed by atoms with Crippen LogP contribution in [0.1, 0.15) is 17.3 Å². The normalized spacial score (nSPS) is 11.7. The predicted molar refractivity (Wildman–Crippen MR) is 88.0 cm³/mol. The minimum atomic E-state index is -3.00. The van der Waals surface area contributed by atoms with Gasteiger partial charge in [0.15, 0.2) is 6.10 Å². The summed E-state index contributed by atoms with van der Waals surface area (Å²) in [5, 5.41) is 3.08. The van der Waals surface area contributed by atoms with Crippen LogP contribution < -0.4 is 10.1 Å². The number of rotatable bonds is 6. The number of amides is 1. The number of carbonyl (C=O) groups is 2. The van der Waals surface area contributed by atoms with Gasteiger partial charge in [0.2, 0.25) is 0 Å². The number of anilines is 1. The van der Waals surface area contributed by atoms with Crippen LogP contribution in [0.25, 0.3) is 0 Å². The molecule has 0 bridgehead atoms. The van der Waals surface area contributed by atoms with Crippen LogP contribution in [-0.4, -0.2) is 24.6 Å². The zero-order valence-electron chi connectivity index (χ0n) is 13.0. The predicted octanol–water partition coefficient (Wildman–Crippen LogP) is 4.13. The molecule has 2 aromatic carbocycles. The molecule has 132 valence electrons. The Morgan fingerprint density at radius 1 is 1.12 bits per heavy atom. The van der Waals surface area contributed by atoms with Crippen LogP contribution in [-0.2, 0) is 9.53 Å². The maximum atomic E-state index is 12.2. The molecule has 0 aliphatic heterocycles. The molecule has 0 aromatic heterocycles. The average Bonchev–Trinajstić information content (AvgIpc) is 2.56. The molecule has 0 radical (unpaired) electrons. The van der Waals surface area contributed by atoms with Gasteiger partial charge in [-0.1, -0.05) is 17.7 Å². The summed E-state index contributed by atoms with van der Waals surface area (Å²) < 4.78 is 33.7. The van der Waals surface area contributed by atoms with E-state index in [1.807, 2.05) is 0 Å². The molecule has 1 amide bonds. The third-order valence-electron chi connectivity index (χ3n) is 3.06. The van der Waals surface area contributed by atoms with E-state index in [4.69, 9.17) is 16.3 Å².